The van der Waals surface area contributed by atoms with E-state index in [0.717, 1.165) is 4.31 Å². The highest BCUT2D eigenvalue weighted by molar-refractivity contribution is 7.92. The molecular formula is C14H12N2O3S. The van der Waals surface area contributed by atoms with Crippen molar-refractivity contribution in [1.29, 1.82) is 5.26 Å². The lowest BCUT2D eigenvalue weighted by molar-refractivity contribution is 0.473. The summed E-state index contributed by atoms with van der Waals surface area (Å²) in [6, 6.07) is 13.7. The first kappa shape index (κ1) is 13.9. The van der Waals surface area contributed by atoms with Crippen molar-refractivity contribution in [3.8, 4) is 11.8 Å². The molecule has 0 atom stereocenters. The summed E-state index contributed by atoms with van der Waals surface area (Å²) >= 11 is 0. The fourth-order valence-electron chi connectivity index (χ4n) is 1.71. The summed E-state index contributed by atoms with van der Waals surface area (Å²) in [6.07, 6.45) is 0. The van der Waals surface area contributed by atoms with Gasteiger partial charge in [0.2, 0.25) is 0 Å². The Hall–Kier alpha value is -2.52. The van der Waals surface area contributed by atoms with E-state index in [1.54, 1.807) is 18.2 Å². The third kappa shape index (κ3) is 2.58. The Morgan fingerprint density at radius 1 is 1.15 bits per heavy atom. The molecule has 1 N–H and O–H groups in total. The van der Waals surface area contributed by atoms with Crippen LogP contribution in [0.5, 0.6) is 5.75 Å². The zero-order valence-electron chi connectivity index (χ0n) is 10.7. The van der Waals surface area contributed by atoms with Gasteiger partial charge >= 0.3 is 0 Å². The van der Waals surface area contributed by atoms with E-state index < -0.39 is 10.0 Å². The fraction of sp³-hybridized carbons (Fsp3) is 0.0714. The van der Waals surface area contributed by atoms with Gasteiger partial charge in [0.05, 0.1) is 22.2 Å². The van der Waals surface area contributed by atoms with E-state index in [2.05, 4.69) is 0 Å². The first-order valence-electron chi connectivity index (χ1n) is 5.73. The maximum absolute atomic E-state index is 12.4. The standard InChI is InChI=1S/C14H12N2O3S/c1-16(12-5-2-4-11(8-12)10-15)20(18,19)14-7-3-6-13(17)9-14/h2-9,17H,1H3. The van der Waals surface area contributed by atoms with Crippen molar-refractivity contribution in [2.75, 3.05) is 11.4 Å². The topological polar surface area (TPSA) is 81.4 Å². The Morgan fingerprint density at radius 3 is 2.50 bits per heavy atom. The van der Waals surface area contributed by atoms with E-state index in [0.29, 0.717) is 11.3 Å². The lowest BCUT2D eigenvalue weighted by Crippen LogP contribution is -2.26. The van der Waals surface area contributed by atoms with Crippen molar-refractivity contribution in [2.45, 2.75) is 4.90 Å². The molecule has 2 rings (SSSR count). The number of nitriles is 1. The van der Waals surface area contributed by atoms with E-state index in [1.807, 2.05) is 6.07 Å². The van der Waals surface area contributed by atoms with Crippen LogP contribution in [0.15, 0.2) is 53.4 Å². The van der Waals surface area contributed by atoms with Gasteiger partial charge in [0.25, 0.3) is 10.0 Å². The van der Waals surface area contributed by atoms with Crippen LogP contribution in [0.3, 0.4) is 0 Å². The first-order chi connectivity index (χ1) is 9.45. The number of aromatic hydroxyl groups is 1. The average molecular weight is 288 g/mol. The van der Waals surface area contributed by atoms with E-state index in [-0.39, 0.29) is 10.6 Å². The number of phenols is 1. The summed E-state index contributed by atoms with van der Waals surface area (Å²) in [5.41, 5.74) is 0.757. The largest absolute Gasteiger partial charge is 0.508 e. The molecule has 0 bridgehead atoms. The van der Waals surface area contributed by atoms with Gasteiger partial charge in [-0.2, -0.15) is 5.26 Å². The van der Waals surface area contributed by atoms with Crippen LogP contribution >= 0.6 is 0 Å². The second-order valence-electron chi connectivity index (χ2n) is 4.13. The Kier molecular flexibility index (Phi) is 3.63. The number of rotatable bonds is 3. The molecule has 102 valence electrons. The third-order valence-electron chi connectivity index (χ3n) is 2.81. The third-order valence-corrected chi connectivity index (χ3v) is 4.60. The highest BCUT2D eigenvalue weighted by atomic mass is 32.2. The Labute approximate surface area is 117 Å². The highest BCUT2D eigenvalue weighted by Crippen LogP contribution is 2.24. The van der Waals surface area contributed by atoms with Gasteiger partial charge < -0.3 is 5.11 Å². The zero-order chi connectivity index (χ0) is 14.8. The maximum atomic E-state index is 12.4. The number of anilines is 1. The molecule has 0 aliphatic rings. The van der Waals surface area contributed by atoms with E-state index >= 15 is 0 Å². The predicted molar refractivity (Wildman–Crippen MR) is 74.9 cm³/mol. The summed E-state index contributed by atoms with van der Waals surface area (Å²) in [4.78, 5) is -0.0117. The second-order valence-corrected chi connectivity index (χ2v) is 6.10. The van der Waals surface area contributed by atoms with Crippen molar-refractivity contribution >= 4 is 15.7 Å². The lowest BCUT2D eigenvalue weighted by Gasteiger charge is -2.19. The maximum Gasteiger partial charge on any atom is 0.264 e. The number of hydrogen-bond acceptors (Lipinski definition) is 4. The minimum atomic E-state index is -3.78. The SMILES string of the molecule is CN(c1cccc(C#N)c1)S(=O)(=O)c1cccc(O)c1. The van der Waals surface area contributed by atoms with Gasteiger partial charge in [-0.3, -0.25) is 4.31 Å². The summed E-state index contributed by atoms with van der Waals surface area (Å²) in [5.74, 6) is -0.120. The van der Waals surface area contributed by atoms with Crippen molar-refractivity contribution in [2.24, 2.45) is 0 Å². The van der Waals surface area contributed by atoms with Gasteiger partial charge in [-0.1, -0.05) is 12.1 Å². The van der Waals surface area contributed by atoms with Crippen LogP contribution in [0.1, 0.15) is 5.56 Å². The van der Waals surface area contributed by atoms with Crippen molar-refractivity contribution in [3.05, 3.63) is 54.1 Å². The number of sulfonamides is 1. The second kappa shape index (κ2) is 5.23. The van der Waals surface area contributed by atoms with Crippen LogP contribution in [0, 0.1) is 11.3 Å². The Balaban J connectivity index is 2.46. The lowest BCUT2D eigenvalue weighted by atomic mass is 10.2. The molecule has 5 nitrogen and oxygen atoms in total. The van der Waals surface area contributed by atoms with Gasteiger partial charge in [0.15, 0.2) is 0 Å². The number of phenolic OH excluding ortho intramolecular Hbond substituents is 1. The number of benzene rings is 2. The highest BCUT2D eigenvalue weighted by Gasteiger charge is 2.21. The summed E-state index contributed by atoms with van der Waals surface area (Å²) < 4.78 is 25.9. The molecule has 0 fully saturated rings. The van der Waals surface area contributed by atoms with E-state index in [4.69, 9.17) is 5.26 Å². The smallest absolute Gasteiger partial charge is 0.264 e. The molecular weight excluding hydrogens is 276 g/mol. The minimum absolute atomic E-state index is 0.0117. The molecule has 0 spiro atoms. The van der Waals surface area contributed by atoms with Crippen LogP contribution in [0.2, 0.25) is 0 Å². The Bertz CT molecular complexity index is 779. The molecule has 20 heavy (non-hydrogen) atoms. The quantitative estimate of drug-likeness (QED) is 0.937. The van der Waals surface area contributed by atoms with Gasteiger partial charge in [0.1, 0.15) is 5.75 Å². The average Bonchev–Trinajstić information content (AvgIpc) is 2.46. The molecule has 0 aliphatic heterocycles. The van der Waals surface area contributed by atoms with E-state index in [9.17, 15) is 13.5 Å². The molecule has 0 unspecified atom stereocenters. The molecule has 0 aliphatic carbocycles. The summed E-state index contributed by atoms with van der Waals surface area (Å²) in [5, 5.41) is 18.2. The van der Waals surface area contributed by atoms with Crippen molar-refractivity contribution in [3.63, 3.8) is 0 Å². The zero-order valence-corrected chi connectivity index (χ0v) is 11.5. The van der Waals surface area contributed by atoms with Crippen LogP contribution in [-0.4, -0.2) is 20.6 Å². The molecule has 0 heterocycles. The monoisotopic (exact) mass is 288 g/mol. The van der Waals surface area contributed by atoms with Crippen molar-refractivity contribution in [1.82, 2.24) is 0 Å². The molecule has 2 aromatic carbocycles. The molecule has 0 saturated carbocycles. The van der Waals surface area contributed by atoms with Crippen LogP contribution in [0.4, 0.5) is 5.69 Å². The normalized spacial score (nSPS) is 10.8. The molecule has 0 aromatic heterocycles. The molecule has 0 saturated heterocycles. The first-order valence-corrected chi connectivity index (χ1v) is 7.17. The summed E-state index contributed by atoms with van der Waals surface area (Å²) in [6.45, 7) is 0. The molecule has 6 heteroatoms. The molecule has 0 amide bonds. The Morgan fingerprint density at radius 2 is 1.85 bits per heavy atom. The van der Waals surface area contributed by atoms with Gasteiger partial charge in [-0.05, 0) is 30.3 Å². The van der Waals surface area contributed by atoms with Crippen LogP contribution in [0.25, 0.3) is 0 Å². The minimum Gasteiger partial charge on any atom is -0.508 e. The number of hydrogen-bond donors (Lipinski definition) is 1. The van der Waals surface area contributed by atoms with E-state index in [1.165, 1.54) is 37.4 Å². The van der Waals surface area contributed by atoms with Crippen molar-refractivity contribution < 1.29 is 13.5 Å². The van der Waals surface area contributed by atoms with Gasteiger partial charge in [0, 0.05) is 13.1 Å². The summed E-state index contributed by atoms with van der Waals surface area (Å²) in [7, 11) is -2.38. The van der Waals surface area contributed by atoms with Crippen LogP contribution < -0.4 is 4.31 Å². The van der Waals surface area contributed by atoms with Gasteiger partial charge in [-0.15, -0.1) is 0 Å². The fourth-order valence-corrected chi connectivity index (χ4v) is 2.94. The molecule has 0 radical (unpaired) electrons. The van der Waals surface area contributed by atoms with Crippen LogP contribution in [-0.2, 0) is 10.0 Å². The predicted octanol–water partition coefficient (Wildman–Crippen LogP) is 2.09. The van der Waals surface area contributed by atoms with Gasteiger partial charge in [-0.25, -0.2) is 8.42 Å². The number of nitrogens with zero attached hydrogens (tertiary/aromatic N) is 2. The molecule has 2 aromatic rings.